The third-order valence-electron chi connectivity index (χ3n) is 6.06. The number of H-pyrrole nitrogens is 1. The van der Waals surface area contributed by atoms with Gasteiger partial charge in [-0.15, -0.1) is 0 Å². The SMILES string of the molecule is CCOc1ccc(-c2cc(C(=O)N3CCN(c4cccc[nH+]4)CC3)c3cc(Br)ccc3n2)cc1. The molecule has 0 spiro atoms. The Bertz CT molecular complexity index is 1300. The quantitative estimate of drug-likeness (QED) is 0.380. The zero-order chi connectivity index (χ0) is 23.5. The van der Waals surface area contributed by atoms with Crippen molar-refractivity contribution in [3.05, 3.63) is 83.0 Å². The summed E-state index contributed by atoms with van der Waals surface area (Å²) in [4.78, 5) is 26.1. The van der Waals surface area contributed by atoms with Crippen molar-refractivity contribution < 1.29 is 14.5 Å². The molecule has 1 aliphatic rings. The Labute approximate surface area is 207 Å². The summed E-state index contributed by atoms with van der Waals surface area (Å²) in [6.07, 6.45) is 1.93. The predicted octanol–water partition coefficient (Wildman–Crippen LogP) is 4.84. The van der Waals surface area contributed by atoms with Crippen molar-refractivity contribution in [3.63, 3.8) is 0 Å². The van der Waals surface area contributed by atoms with E-state index < -0.39 is 0 Å². The van der Waals surface area contributed by atoms with Crippen LogP contribution in [0, 0.1) is 0 Å². The zero-order valence-electron chi connectivity index (χ0n) is 19.0. The molecule has 1 aliphatic heterocycles. The van der Waals surface area contributed by atoms with Gasteiger partial charge in [-0.05, 0) is 61.5 Å². The molecule has 1 N–H and O–H groups in total. The first-order valence-corrected chi connectivity index (χ1v) is 12.3. The number of aromatic amines is 1. The molecule has 0 aliphatic carbocycles. The van der Waals surface area contributed by atoms with Gasteiger partial charge in [0.15, 0.2) is 0 Å². The Morgan fingerprint density at radius 2 is 1.82 bits per heavy atom. The van der Waals surface area contributed by atoms with Crippen molar-refractivity contribution in [1.82, 2.24) is 9.88 Å². The Balaban J connectivity index is 1.45. The van der Waals surface area contributed by atoms with Gasteiger partial charge >= 0.3 is 0 Å². The van der Waals surface area contributed by atoms with Gasteiger partial charge in [0.25, 0.3) is 11.7 Å². The van der Waals surface area contributed by atoms with Crippen LogP contribution < -0.4 is 14.6 Å². The molecule has 1 saturated heterocycles. The molecule has 0 bridgehead atoms. The van der Waals surface area contributed by atoms with Gasteiger partial charge < -0.3 is 9.64 Å². The van der Waals surface area contributed by atoms with Crippen molar-refractivity contribution >= 4 is 38.6 Å². The zero-order valence-corrected chi connectivity index (χ0v) is 20.6. The lowest BCUT2D eigenvalue weighted by molar-refractivity contribution is -0.364. The van der Waals surface area contributed by atoms with Crippen LogP contribution in [-0.2, 0) is 0 Å². The molecule has 5 rings (SSSR count). The molecule has 1 fully saturated rings. The molecule has 0 atom stereocenters. The van der Waals surface area contributed by atoms with Gasteiger partial charge in [0, 0.05) is 21.5 Å². The van der Waals surface area contributed by atoms with Crippen LogP contribution in [0.2, 0.25) is 0 Å². The number of hydrogen-bond donors (Lipinski definition) is 0. The Morgan fingerprint density at radius 3 is 2.53 bits per heavy atom. The lowest BCUT2D eigenvalue weighted by Gasteiger charge is -2.31. The molecular formula is C27H26BrN4O2+. The fraction of sp³-hybridized carbons (Fsp3) is 0.222. The summed E-state index contributed by atoms with van der Waals surface area (Å²) in [6.45, 7) is 5.48. The largest absolute Gasteiger partial charge is 0.494 e. The maximum Gasteiger partial charge on any atom is 0.274 e. The molecule has 1 amide bonds. The van der Waals surface area contributed by atoms with Gasteiger partial charge in [0.1, 0.15) is 18.8 Å². The van der Waals surface area contributed by atoms with Crippen molar-refractivity contribution in [2.24, 2.45) is 0 Å². The number of fused-ring (bicyclic) bond motifs is 1. The number of ether oxygens (including phenoxy) is 1. The second-order valence-electron chi connectivity index (χ2n) is 8.20. The van der Waals surface area contributed by atoms with E-state index in [2.05, 4.69) is 31.9 Å². The van der Waals surface area contributed by atoms with Crippen LogP contribution in [0.1, 0.15) is 17.3 Å². The lowest BCUT2D eigenvalue weighted by Crippen LogP contribution is -2.50. The number of benzene rings is 2. The standard InChI is InChI=1S/C27H25BrN4O2/c1-2-34-21-9-6-19(7-10-21)25-18-23(22-17-20(28)8-11-24(22)30-25)27(33)32-15-13-31(14-16-32)26-5-3-4-12-29-26/h3-12,17-18H,2,13-16H2,1H3/p+1. The summed E-state index contributed by atoms with van der Waals surface area (Å²) in [5.41, 5.74) is 3.20. The lowest BCUT2D eigenvalue weighted by atomic mass is 10.0. The summed E-state index contributed by atoms with van der Waals surface area (Å²) < 4.78 is 6.49. The fourth-order valence-electron chi connectivity index (χ4n) is 4.31. The van der Waals surface area contributed by atoms with Crippen LogP contribution in [0.4, 0.5) is 5.82 Å². The number of aromatic nitrogens is 2. The summed E-state index contributed by atoms with van der Waals surface area (Å²) in [7, 11) is 0. The van der Waals surface area contributed by atoms with Crippen LogP contribution in [0.25, 0.3) is 22.2 Å². The van der Waals surface area contributed by atoms with Crippen LogP contribution in [0.5, 0.6) is 5.75 Å². The number of nitrogens with one attached hydrogen (secondary N) is 1. The smallest absolute Gasteiger partial charge is 0.274 e. The first-order chi connectivity index (χ1) is 16.6. The second-order valence-corrected chi connectivity index (χ2v) is 9.12. The average molecular weight is 518 g/mol. The van der Waals surface area contributed by atoms with E-state index in [0.717, 1.165) is 51.3 Å². The number of rotatable bonds is 5. The molecular weight excluding hydrogens is 492 g/mol. The molecule has 2 aromatic carbocycles. The Morgan fingerprint density at radius 1 is 1.03 bits per heavy atom. The molecule has 0 saturated carbocycles. The van der Waals surface area contributed by atoms with E-state index in [1.807, 2.05) is 78.7 Å². The highest BCUT2D eigenvalue weighted by Gasteiger charge is 2.28. The Kier molecular flexibility index (Phi) is 6.45. The molecule has 3 heterocycles. The van der Waals surface area contributed by atoms with Gasteiger partial charge in [-0.3, -0.25) is 9.69 Å². The highest BCUT2D eigenvalue weighted by atomic mass is 79.9. The molecule has 7 heteroatoms. The average Bonchev–Trinajstić information content (AvgIpc) is 2.89. The first kappa shape index (κ1) is 22.3. The predicted molar refractivity (Wildman–Crippen MR) is 137 cm³/mol. The van der Waals surface area contributed by atoms with E-state index in [4.69, 9.17) is 9.72 Å². The second kappa shape index (κ2) is 9.81. The number of hydrogen-bond acceptors (Lipinski definition) is 4. The van der Waals surface area contributed by atoms with Gasteiger partial charge in [0.05, 0.1) is 42.7 Å². The van der Waals surface area contributed by atoms with Crippen molar-refractivity contribution in [2.45, 2.75) is 6.92 Å². The van der Waals surface area contributed by atoms with E-state index in [0.29, 0.717) is 25.3 Å². The van der Waals surface area contributed by atoms with Crippen molar-refractivity contribution in [2.75, 3.05) is 37.7 Å². The van der Waals surface area contributed by atoms with Crippen LogP contribution >= 0.6 is 15.9 Å². The summed E-state index contributed by atoms with van der Waals surface area (Å²) in [5, 5.41) is 0.855. The summed E-state index contributed by atoms with van der Waals surface area (Å²) in [6, 6.07) is 21.7. The number of carbonyl (C=O) groups excluding carboxylic acids is 1. The fourth-order valence-corrected chi connectivity index (χ4v) is 4.67. The molecule has 6 nitrogen and oxygen atoms in total. The number of pyridine rings is 2. The number of nitrogens with zero attached hydrogens (tertiary/aromatic N) is 3. The molecule has 172 valence electrons. The van der Waals surface area contributed by atoms with Crippen LogP contribution in [-0.4, -0.2) is 48.6 Å². The summed E-state index contributed by atoms with van der Waals surface area (Å²) >= 11 is 3.55. The maximum atomic E-state index is 13.7. The van der Waals surface area contributed by atoms with Crippen LogP contribution in [0.15, 0.2) is 77.4 Å². The molecule has 0 unspecified atom stereocenters. The minimum Gasteiger partial charge on any atom is -0.494 e. The van der Waals surface area contributed by atoms with Crippen molar-refractivity contribution in [3.8, 4) is 17.0 Å². The molecule has 34 heavy (non-hydrogen) atoms. The van der Waals surface area contributed by atoms with Gasteiger partial charge in [0.2, 0.25) is 0 Å². The van der Waals surface area contributed by atoms with E-state index >= 15 is 0 Å². The third kappa shape index (κ3) is 4.61. The number of carbonyl (C=O) groups is 1. The van der Waals surface area contributed by atoms with E-state index in [1.54, 1.807) is 0 Å². The van der Waals surface area contributed by atoms with E-state index in [1.165, 1.54) is 0 Å². The summed E-state index contributed by atoms with van der Waals surface area (Å²) in [5.74, 6) is 1.93. The van der Waals surface area contributed by atoms with E-state index in [9.17, 15) is 4.79 Å². The number of halogens is 1. The number of piperazine rings is 1. The molecule has 0 radical (unpaired) electrons. The van der Waals surface area contributed by atoms with Crippen molar-refractivity contribution in [1.29, 1.82) is 0 Å². The number of amides is 1. The topological polar surface area (TPSA) is 59.8 Å². The Hall–Kier alpha value is -3.45. The molecule has 4 aromatic rings. The first-order valence-electron chi connectivity index (χ1n) is 11.5. The molecule has 2 aromatic heterocycles. The number of anilines is 1. The highest BCUT2D eigenvalue weighted by Crippen LogP contribution is 2.29. The van der Waals surface area contributed by atoms with E-state index in [-0.39, 0.29) is 5.91 Å². The maximum absolute atomic E-state index is 13.7. The normalized spacial score (nSPS) is 13.8. The minimum atomic E-state index is 0.0365. The van der Waals surface area contributed by atoms with Gasteiger partial charge in [-0.2, -0.15) is 0 Å². The minimum absolute atomic E-state index is 0.0365. The monoisotopic (exact) mass is 517 g/mol. The van der Waals surface area contributed by atoms with Crippen LogP contribution in [0.3, 0.4) is 0 Å². The highest BCUT2D eigenvalue weighted by molar-refractivity contribution is 9.10. The van der Waals surface area contributed by atoms with Gasteiger partial charge in [-0.25, -0.2) is 9.97 Å². The van der Waals surface area contributed by atoms with Gasteiger partial charge in [-0.1, -0.05) is 22.0 Å². The third-order valence-corrected chi connectivity index (χ3v) is 6.56.